The summed E-state index contributed by atoms with van der Waals surface area (Å²) in [5.41, 5.74) is 1.06. The molecule has 0 spiro atoms. The fourth-order valence-electron chi connectivity index (χ4n) is 1.48. The molecule has 1 atom stereocenters. The number of carboxylic acids is 1. The molecule has 0 saturated carbocycles. The number of aromatic nitrogens is 2. The molecule has 0 saturated heterocycles. The van der Waals surface area contributed by atoms with Crippen molar-refractivity contribution < 1.29 is 9.90 Å². The quantitative estimate of drug-likeness (QED) is 0.823. The number of hydrogen-bond acceptors (Lipinski definition) is 3. The standard InChI is InChI=1S/C11H16N2O2/c1-5-11(4,10(14)15)9-8(3)12-6-7(2)13-9/h6H,5H2,1-4H3,(H,14,15). The highest BCUT2D eigenvalue weighted by Gasteiger charge is 2.36. The van der Waals surface area contributed by atoms with Gasteiger partial charge in [-0.15, -0.1) is 0 Å². The molecule has 0 aromatic carbocycles. The summed E-state index contributed by atoms with van der Waals surface area (Å²) in [6.07, 6.45) is 2.15. The number of aryl methyl sites for hydroxylation is 2. The van der Waals surface area contributed by atoms with E-state index < -0.39 is 11.4 Å². The lowest BCUT2D eigenvalue weighted by molar-refractivity contribution is -0.143. The molecule has 0 aliphatic rings. The summed E-state index contributed by atoms with van der Waals surface area (Å²) in [6, 6.07) is 0. The molecule has 4 heteroatoms. The van der Waals surface area contributed by atoms with Gasteiger partial charge in [0.05, 0.1) is 17.1 Å². The Labute approximate surface area is 89.4 Å². The molecule has 1 rings (SSSR count). The zero-order valence-electron chi connectivity index (χ0n) is 9.53. The van der Waals surface area contributed by atoms with Gasteiger partial charge in [0.1, 0.15) is 5.41 Å². The minimum atomic E-state index is -0.941. The molecule has 0 aliphatic carbocycles. The van der Waals surface area contributed by atoms with E-state index in [1.807, 2.05) is 13.8 Å². The van der Waals surface area contributed by atoms with Crippen LogP contribution in [0.25, 0.3) is 0 Å². The van der Waals surface area contributed by atoms with Crippen molar-refractivity contribution in [3.63, 3.8) is 0 Å². The number of carbonyl (C=O) groups is 1. The van der Waals surface area contributed by atoms with Crippen LogP contribution in [0.5, 0.6) is 0 Å². The highest BCUT2D eigenvalue weighted by molar-refractivity contribution is 5.80. The number of hydrogen-bond donors (Lipinski definition) is 1. The first kappa shape index (κ1) is 11.6. The molecule has 82 valence electrons. The van der Waals surface area contributed by atoms with Crippen molar-refractivity contribution in [3.8, 4) is 0 Å². The normalized spacial score (nSPS) is 14.7. The second-order valence-corrected chi connectivity index (χ2v) is 3.94. The van der Waals surface area contributed by atoms with E-state index in [1.165, 1.54) is 0 Å². The van der Waals surface area contributed by atoms with Crippen LogP contribution in [-0.2, 0) is 10.2 Å². The van der Waals surface area contributed by atoms with Gasteiger partial charge in [0.2, 0.25) is 0 Å². The smallest absolute Gasteiger partial charge is 0.315 e. The van der Waals surface area contributed by atoms with E-state index in [4.69, 9.17) is 0 Å². The van der Waals surface area contributed by atoms with Crippen LogP contribution in [0.3, 0.4) is 0 Å². The Bertz CT molecular complexity index is 390. The van der Waals surface area contributed by atoms with E-state index in [0.717, 1.165) is 5.69 Å². The fourth-order valence-corrected chi connectivity index (χ4v) is 1.48. The van der Waals surface area contributed by atoms with Crippen molar-refractivity contribution in [2.75, 3.05) is 0 Å². The molecule has 0 aliphatic heterocycles. The van der Waals surface area contributed by atoms with Crippen LogP contribution in [0.1, 0.15) is 37.4 Å². The van der Waals surface area contributed by atoms with Gasteiger partial charge in [0, 0.05) is 6.20 Å². The maximum absolute atomic E-state index is 11.2. The highest BCUT2D eigenvalue weighted by atomic mass is 16.4. The van der Waals surface area contributed by atoms with Crippen molar-refractivity contribution >= 4 is 5.97 Å². The molecule has 0 fully saturated rings. The third kappa shape index (κ3) is 1.98. The predicted molar refractivity (Wildman–Crippen MR) is 56.8 cm³/mol. The van der Waals surface area contributed by atoms with Gasteiger partial charge in [-0.05, 0) is 27.2 Å². The lowest BCUT2D eigenvalue weighted by atomic mass is 9.83. The van der Waals surface area contributed by atoms with Crippen molar-refractivity contribution in [2.45, 2.75) is 39.5 Å². The predicted octanol–water partition coefficient (Wildman–Crippen LogP) is 1.85. The molecule has 1 N–H and O–H groups in total. The van der Waals surface area contributed by atoms with Gasteiger partial charge in [-0.1, -0.05) is 6.92 Å². The monoisotopic (exact) mass is 208 g/mol. The molecular formula is C11H16N2O2. The Balaban J connectivity index is 3.35. The molecular weight excluding hydrogens is 192 g/mol. The van der Waals surface area contributed by atoms with Gasteiger partial charge in [-0.3, -0.25) is 14.8 Å². The van der Waals surface area contributed by atoms with Crippen LogP contribution in [0, 0.1) is 13.8 Å². The highest BCUT2D eigenvalue weighted by Crippen LogP contribution is 2.27. The summed E-state index contributed by atoms with van der Waals surface area (Å²) in [5.74, 6) is -0.854. The zero-order valence-corrected chi connectivity index (χ0v) is 9.53. The van der Waals surface area contributed by atoms with Crippen molar-refractivity contribution in [3.05, 3.63) is 23.3 Å². The number of aliphatic carboxylic acids is 1. The SMILES string of the molecule is CCC(C)(C(=O)O)c1nc(C)cnc1C. The average molecular weight is 208 g/mol. The third-order valence-corrected chi connectivity index (χ3v) is 2.78. The van der Waals surface area contributed by atoms with Crippen molar-refractivity contribution in [2.24, 2.45) is 0 Å². The van der Waals surface area contributed by atoms with Crippen LogP contribution in [-0.4, -0.2) is 21.0 Å². The summed E-state index contributed by atoms with van der Waals surface area (Å²) in [5, 5.41) is 9.23. The summed E-state index contributed by atoms with van der Waals surface area (Å²) >= 11 is 0. The van der Waals surface area contributed by atoms with E-state index >= 15 is 0 Å². The molecule has 1 heterocycles. The number of carboxylic acid groups (broad SMARTS) is 1. The van der Waals surface area contributed by atoms with Crippen LogP contribution >= 0.6 is 0 Å². The second kappa shape index (κ2) is 3.96. The first-order valence-corrected chi connectivity index (χ1v) is 4.96. The van der Waals surface area contributed by atoms with Crippen molar-refractivity contribution in [1.29, 1.82) is 0 Å². The van der Waals surface area contributed by atoms with Gasteiger partial charge in [-0.2, -0.15) is 0 Å². The van der Waals surface area contributed by atoms with E-state index in [0.29, 0.717) is 17.8 Å². The molecule has 1 unspecified atom stereocenters. The summed E-state index contributed by atoms with van der Waals surface area (Å²) in [4.78, 5) is 19.7. The Kier molecular flexibility index (Phi) is 3.07. The fraction of sp³-hybridized carbons (Fsp3) is 0.545. The summed E-state index contributed by atoms with van der Waals surface area (Å²) < 4.78 is 0. The molecule has 0 radical (unpaired) electrons. The average Bonchev–Trinajstić information content (AvgIpc) is 2.20. The first-order valence-electron chi connectivity index (χ1n) is 4.96. The Morgan fingerprint density at radius 3 is 2.60 bits per heavy atom. The summed E-state index contributed by atoms with van der Waals surface area (Å²) in [7, 11) is 0. The van der Waals surface area contributed by atoms with Gasteiger partial charge in [0.15, 0.2) is 0 Å². The minimum absolute atomic E-state index is 0.501. The number of nitrogens with zero attached hydrogens (tertiary/aromatic N) is 2. The van der Waals surface area contributed by atoms with E-state index in [9.17, 15) is 9.90 Å². The minimum Gasteiger partial charge on any atom is -0.481 e. The Morgan fingerprint density at radius 2 is 2.13 bits per heavy atom. The van der Waals surface area contributed by atoms with Crippen LogP contribution in [0.2, 0.25) is 0 Å². The largest absolute Gasteiger partial charge is 0.481 e. The van der Waals surface area contributed by atoms with Crippen LogP contribution in [0.15, 0.2) is 6.20 Å². The third-order valence-electron chi connectivity index (χ3n) is 2.78. The number of rotatable bonds is 3. The van der Waals surface area contributed by atoms with Gasteiger partial charge in [0.25, 0.3) is 0 Å². The zero-order chi connectivity index (χ0) is 11.6. The van der Waals surface area contributed by atoms with E-state index in [-0.39, 0.29) is 0 Å². The topological polar surface area (TPSA) is 63.1 Å². The maximum atomic E-state index is 11.2. The molecule has 15 heavy (non-hydrogen) atoms. The molecule has 1 aromatic rings. The van der Waals surface area contributed by atoms with E-state index in [1.54, 1.807) is 20.0 Å². The maximum Gasteiger partial charge on any atom is 0.315 e. The first-order chi connectivity index (χ1) is 6.91. The van der Waals surface area contributed by atoms with Gasteiger partial charge >= 0.3 is 5.97 Å². The van der Waals surface area contributed by atoms with Gasteiger partial charge < -0.3 is 5.11 Å². The molecule has 1 aromatic heterocycles. The molecule has 0 bridgehead atoms. The molecule has 4 nitrogen and oxygen atoms in total. The Morgan fingerprint density at radius 1 is 1.53 bits per heavy atom. The van der Waals surface area contributed by atoms with Crippen LogP contribution < -0.4 is 0 Å². The Hall–Kier alpha value is -1.45. The van der Waals surface area contributed by atoms with Crippen LogP contribution in [0.4, 0.5) is 0 Å². The molecule has 0 amide bonds. The van der Waals surface area contributed by atoms with Crippen molar-refractivity contribution in [1.82, 2.24) is 9.97 Å². The van der Waals surface area contributed by atoms with E-state index in [2.05, 4.69) is 9.97 Å². The second-order valence-electron chi connectivity index (χ2n) is 3.94. The lowest BCUT2D eigenvalue weighted by Gasteiger charge is -2.23. The summed E-state index contributed by atoms with van der Waals surface area (Å²) in [6.45, 7) is 7.13. The van der Waals surface area contributed by atoms with Gasteiger partial charge in [-0.25, -0.2) is 0 Å². The lowest BCUT2D eigenvalue weighted by Crippen LogP contribution is -2.34.